The summed E-state index contributed by atoms with van der Waals surface area (Å²) in [5.41, 5.74) is 0.409. The molecular formula is C20H18ClNO5. The number of pyridine rings is 1. The van der Waals surface area contributed by atoms with Gasteiger partial charge in [-0.25, -0.2) is 0 Å². The van der Waals surface area contributed by atoms with Crippen molar-refractivity contribution in [2.24, 2.45) is 5.92 Å². The monoisotopic (exact) mass is 387 g/mol. The molecule has 1 aromatic heterocycles. The standard InChI is InChI=1S/C20H18ClNO5/c1-9-7-12-11(6-5-10(2)22-12)18(23)20(9)19(24)15-13(25-3)8-14(26-4)16(21)17(15)27-20/h5-6,8-9H,7H2,1-4H3. The zero-order valence-corrected chi connectivity index (χ0v) is 16.1. The molecule has 2 unspecified atom stereocenters. The number of benzene rings is 1. The van der Waals surface area contributed by atoms with E-state index in [-0.39, 0.29) is 22.1 Å². The van der Waals surface area contributed by atoms with E-state index in [0.717, 1.165) is 5.69 Å². The molecule has 1 aromatic carbocycles. The van der Waals surface area contributed by atoms with Crippen molar-refractivity contribution in [1.82, 2.24) is 4.98 Å². The number of ether oxygens (including phenoxy) is 3. The third-order valence-corrected chi connectivity index (χ3v) is 5.67. The number of hydrogen-bond donors (Lipinski definition) is 0. The fourth-order valence-corrected chi connectivity index (χ4v) is 4.17. The van der Waals surface area contributed by atoms with Gasteiger partial charge in [0.1, 0.15) is 22.1 Å². The summed E-state index contributed by atoms with van der Waals surface area (Å²) in [6.45, 7) is 3.68. The fraction of sp³-hybridized carbons (Fsp3) is 0.350. The highest BCUT2D eigenvalue weighted by Gasteiger charge is 2.61. The fourth-order valence-electron chi connectivity index (χ4n) is 3.91. The van der Waals surface area contributed by atoms with E-state index in [4.69, 9.17) is 25.8 Å². The second kappa shape index (κ2) is 5.96. The van der Waals surface area contributed by atoms with E-state index in [9.17, 15) is 9.59 Å². The summed E-state index contributed by atoms with van der Waals surface area (Å²) in [4.78, 5) is 31.3. The van der Waals surface area contributed by atoms with Crippen LogP contribution in [0.4, 0.5) is 0 Å². The number of Topliss-reactive ketones (excluding diaryl/α,β-unsaturated/α-hetero) is 2. The topological polar surface area (TPSA) is 74.7 Å². The maximum Gasteiger partial charge on any atom is 0.236 e. The smallest absolute Gasteiger partial charge is 0.236 e. The Morgan fingerprint density at radius 1 is 1.19 bits per heavy atom. The number of fused-ring (bicyclic) bond motifs is 2. The molecule has 0 amide bonds. The predicted octanol–water partition coefficient (Wildman–Crippen LogP) is 3.45. The Labute approximate surface area is 161 Å². The van der Waals surface area contributed by atoms with Crippen LogP contribution in [0.3, 0.4) is 0 Å². The van der Waals surface area contributed by atoms with Gasteiger partial charge in [-0.05, 0) is 25.5 Å². The van der Waals surface area contributed by atoms with Crippen molar-refractivity contribution in [1.29, 1.82) is 0 Å². The SMILES string of the molecule is COc1cc(OC)c2c(c1Cl)OC1(C(=O)c3ccc(C)nc3CC1C)C2=O. The van der Waals surface area contributed by atoms with Crippen molar-refractivity contribution in [3.05, 3.63) is 45.7 Å². The molecule has 7 heteroatoms. The van der Waals surface area contributed by atoms with E-state index in [0.29, 0.717) is 23.4 Å². The van der Waals surface area contributed by atoms with Crippen molar-refractivity contribution >= 4 is 23.2 Å². The first kappa shape index (κ1) is 17.8. The van der Waals surface area contributed by atoms with Crippen LogP contribution in [0.15, 0.2) is 18.2 Å². The molecule has 1 aliphatic heterocycles. The Hall–Kier alpha value is -2.60. The van der Waals surface area contributed by atoms with Gasteiger partial charge in [0.15, 0.2) is 5.75 Å². The van der Waals surface area contributed by atoms with Gasteiger partial charge in [-0.2, -0.15) is 0 Å². The van der Waals surface area contributed by atoms with Crippen LogP contribution in [-0.2, 0) is 6.42 Å². The highest BCUT2D eigenvalue weighted by molar-refractivity contribution is 6.36. The van der Waals surface area contributed by atoms with Crippen LogP contribution in [0.25, 0.3) is 0 Å². The lowest BCUT2D eigenvalue weighted by Crippen LogP contribution is -2.56. The molecule has 0 N–H and O–H groups in total. The third kappa shape index (κ3) is 2.22. The average molecular weight is 388 g/mol. The molecule has 4 rings (SSSR count). The van der Waals surface area contributed by atoms with Crippen LogP contribution in [0.2, 0.25) is 5.02 Å². The summed E-state index contributed by atoms with van der Waals surface area (Å²) in [7, 11) is 2.90. The summed E-state index contributed by atoms with van der Waals surface area (Å²) >= 11 is 6.39. The molecule has 2 aliphatic rings. The van der Waals surface area contributed by atoms with Crippen LogP contribution >= 0.6 is 11.6 Å². The van der Waals surface area contributed by atoms with Crippen molar-refractivity contribution in [2.75, 3.05) is 14.2 Å². The van der Waals surface area contributed by atoms with Crippen LogP contribution in [0.5, 0.6) is 17.2 Å². The quantitative estimate of drug-likeness (QED) is 0.735. The van der Waals surface area contributed by atoms with Crippen molar-refractivity contribution in [3.8, 4) is 17.2 Å². The van der Waals surface area contributed by atoms with Gasteiger partial charge in [-0.15, -0.1) is 0 Å². The van der Waals surface area contributed by atoms with Crippen LogP contribution in [0, 0.1) is 12.8 Å². The highest BCUT2D eigenvalue weighted by Crippen LogP contribution is 2.53. The van der Waals surface area contributed by atoms with Gasteiger partial charge in [0.25, 0.3) is 0 Å². The number of methoxy groups -OCH3 is 2. The van der Waals surface area contributed by atoms with Crippen molar-refractivity contribution in [2.45, 2.75) is 25.9 Å². The lowest BCUT2D eigenvalue weighted by molar-refractivity contribution is 0.0257. The Morgan fingerprint density at radius 3 is 2.56 bits per heavy atom. The van der Waals surface area contributed by atoms with Gasteiger partial charge in [0.05, 0.1) is 19.9 Å². The number of hydrogen-bond acceptors (Lipinski definition) is 6. The molecule has 140 valence electrons. The first-order chi connectivity index (χ1) is 12.8. The summed E-state index contributed by atoms with van der Waals surface area (Å²) in [6.07, 6.45) is 0.444. The molecule has 0 bridgehead atoms. The highest BCUT2D eigenvalue weighted by atomic mass is 35.5. The Kier molecular flexibility index (Phi) is 3.93. The molecule has 2 atom stereocenters. The molecule has 27 heavy (non-hydrogen) atoms. The Balaban J connectivity index is 1.92. The number of ketones is 2. The summed E-state index contributed by atoms with van der Waals surface area (Å²) < 4.78 is 16.7. The number of carbonyl (C=O) groups excluding carboxylic acids is 2. The normalized spacial score (nSPS) is 23.1. The second-order valence-electron chi connectivity index (χ2n) is 6.85. The van der Waals surface area contributed by atoms with Gasteiger partial charge >= 0.3 is 0 Å². The van der Waals surface area contributed by atoms with Gasteiger partial charge in [-0.1, -0.05) is 18.5 Å². The summed E-state index contributed by atoms with van der Waals surface area (Å²) in [6, 6.07) is 4.98. The van der Waals surface area contributed by atoms with E-state index in [1.54, 1.807) is 12.1 Å². The molecule has 0 saturated carbocycles. The van der Waals surface area contributed by atoms with Crippen molar-refractivity contribution < 1.29 is 23.8 Å². The lowest BCUT2D eigenvalue weighted by Gasteiger charge is -2.36. The number of carbonyl (C=O) groups is 2. The van der Waals surface area contributed by atoms with Crippen LogP contribution in [0.1, 0.15) is 39.0 Å². The molecule has 0 saturated heterocycles. The minimum atomic E-state index is -1.67. The number of halogens is 1. The zero-order chi connectivity index (χ0) is 19.5. The maximum atomic E-state index is 13.5. The number of aryl methyl sites for hydroxylation is 1. The number of nitrogens with zero attached hydrogens (tertiary/aromatic N) is 1. The van der Waals surface area contributed by atoms with Gasteiger partial charge in [0.2, 0.25) is 17.2 Å². The number of rotatable bonds is 2. The molecule has 0 radical (unpaired) electrons. The summed E-state index contributed by atoms with van der Waals surface area (Å²) in [5.74, 6) is -0.559. The largest absolute Gasteiger partial charge is 0.496 e. The van der Waals surface area contributed by atoms with Gasteiger partial charge in [0, 0.05) is 23.2 Å². The molecule has 2 heterocycles. The molecule has 1 aliphatic carbocycles. The number of aromatic nitrogens is 1. The van der Waals surface area contributed by atoms with E-state index in [2.05, 4.69) is 4.98 Å². The average Bonchev–Trinajstić information content (AvgIpc) is 2.96. The van der Waals surface area contributed by atoms with E-state index in [1.807, 2.05) is 13.8 Å². The summed E-state index contributed by atoms with van der Waals surface area (Å²) in [5, 5.41) is 0.145. The van der Waals surface area contributed by atoms with Crippen LogP contribution in [-0.4, -0.2) is 36.4 Å². The van der Waals surface area contributed by atoms with Crippen molar-refractivity contribution in [3.63, 3.8) is 0 Å². The van der Waals surface area contributed by atoms with Gasteiger partial charge in [-0.3, -0.25) is 14.6 Å². The maximum absolute atomic E-state index is 13.5. The van der Waals surface area contributed by atoms with Crippen LogP contribution < -0.4 is 14.2 Å². The van der Waals surface area contributed by atoms with Gasteiger partial charge < -0.3 is 14.2 Å². The Bertz CT molecular complexity index is 1000. The minimum Gasteiger partial charge on any atom is -0.496 e. The molecule has 1 spiro atoms. The first-order valence-electron chi connectivity index (χ1n) is 8.54. The Morgan fingerprint density at radius 2 is 1.89 bits per heavy atom. The molecular weight excluding hydrogens is 370 g/mol. The first-order valence-corrected chi connectivity index (χ1v) is 8.92. The zero-order valence-electron chi connectivity index (χ0n) is 15.4. The lowest BCUT2D eigenvalue weighted by atomic mass is 9.71. The predicted molar refractivity (Wildman–Crippen MR) is 98.4 cm³/mol. The molecule has 6 nitrogen and oxygen atoms in total. The minimum absolute atomic E-state index is 0.126. The third-order valence-electron chi connectivity index (χ3n) is 5.31. The van der Waals surface area contributed by atoms with E-state index >= 15 is 0 Å². The molecule has 0 fully saturated rings. The molecule has 2 aromatic rings. The van der Waals surface area contributed by atoms with E-state index < -0.39 is 23.1 Å². The second-order valence-corrected chi connectivity index (χ2v) is 7.23. The van der Waals surface area contributed by atoms with E-state index in [1.165, 1.54) is 20.3 Å².